The molecule has 1 atom stereocenters. The van der Waals surface area contributed by atoms with Crippen LogP contribution in [-0.2, 0) is 6.42 Å². The van der Waals surface area contributed by atoms with Gasteiger partial charge in [0.15, 0.2) is 6.29 Å². The van der Waals surface area contributed by atoms with Gasteiger partial charge in [0.25, 0.3) is 11.1 Å². The minimum Gasteiger partial charge on any atom is -0.387 e. The van der Waals surface area contributed by atoms with Crippen LogP contribution >= 0.6 is 0 Å². The Morgan fingerprint density at radius 1 is 0.800 bits per heavy atom. The van der Waals surface area contributed by atoms with Crippen LogP contribution in [0.15, 0.2) is 95.0 Å². The van der Waals surface area contributed by atoms with Crippen LogP contribution in [0.3, 0.4) is 0 Å². The molecule has 0 saturated carbocycles. The van der Waals surface area contributed by atoms with Crippen molar-refractivity contribution in [3.8, 4) is 11.4 Å². The number of aldehydes is 1. The van der Waals surface area contributed by atoms with Crippen molar-refractivity contribution >= 4 is 17.3 Å². The average molecular weight is 533 g/mol. The van der Waals surface area contributed by atoms with Gasteiger partial charge in [-0.25, -0.2) is 0 Å². The normalized spacial score (nSPS) is 12.3. The van der Waals surface area contributed by atoms with E-state index in [1.54, 1.807) is 38.9 Å². The number of hydrogen-bond donors (Lipinski definition) is 1. The number of aromatic nitrogens is 4. The molecule has 200 valence electrons. The minimum atomic E-state index is -0.870. The first kappa shape index (κ1) is 25.3. The minimum absolute atomic E-state index is 0.227. The van der Waals surface area contributed by atoms with Crippen LogP contribution in [0.4, 0.5) is 0 Å². The highest BCUT2D eigenvalue weighted by atomic mass is 16.3. The molecule has 0 radical (unpaired) electrons. The van der Waals surface area contributed by atoms with Crippen LogP contribution < -0.4 is 11.1 Å². The molecule has 0 fully saturated rings. The van der Waals surface area contributed by atoms with E-state index in [1.165, 1.54) is 4.57 Å². The van der Waals surface area contributed by atoms with Crippen molar-refractivity contribution in [2.75, 3.05) is 0 Å². The summed E-state index contributed by atoms with van der Waals surface area (Å²) >= 11 is 0. The second-order valence-electron chi connectivity index (χ2n) is 10.1. The molecule has 1 N–H and O–H groups in total. The largest absolute Gasteiger partial charge is 0.387 e. The van der Waals surface area contributed by atoms with Crippen LogP contribution in [0.5, 0.6) is 0 Å². The number of fused-ring (bicyclic) bond motifs is 2. The Labute approximate surface area is 229 Å². The topological polar surface area (TPSA) is 90.1 Å². The maximum atomic E-state index is 13.8. The number of aliphatic hydroxyl groups excluding tert-OH is 1. The molecule has 8 nitrogen and oxygen atoms in total. The standard InChI is InChI=1S/C32H28N4O4/c1-20-13-14-33-17-26(19-37)36(31(39)29(20)33)27-12-8-7-9-23(27)15-24-16-34-18-28(22(3)38)35(25-10-5-4-6-11-25)32(40)30(34)21(24)2/h4-14,16-19,22,38H,15H2,1-3H3. The third kappa shape index (κ3) is 3.92. The molecule has 0 aliphatic heterocycles. The average Bonchev–Trinajstić information content (AvgIpc) is 3.48. The summed E-state index contributed by atoms with van der Waals surface area (Å²) in [6.45, 7) is 5.41. The Kier molecular flexibility index (Phi) is 6.12. The van der Waals surface area contributed by atoms with Crippen LogP contribution in [0.2, 0.25) is 0 Å². The van der Waals surface area contributed by atoms with Crippen molar-refractivity contribution in [3.05, 3.63) is 140 Å². The summed E-state index contributed by atoms with van der Waals surface area (Å²) in [5, 5.41) is 10.5. The van der Waals surface area contributed by atoms with E-state index in [0.717, 1.165) is 22.3 Å². The van der Waals surface area contributed by atoms with Crippen molar-refractivity contribution in [1.82, 2.24) is 17.9 Å². The summed E-state index contributed by atoms with van der Waals surface area (Å²) in [5.41, 5.74) is 5.89. The number of para-hydroxylation sites is 2. The van der Waals surface area contributed by atoms with E-state index >= 15 is 0 Å². The molecule has 6 rings (SSSR count). The van der Waals surface area contributed by atoms with Gasteiger partial charge in [0.1, 0.15) is 16.7 Å². The first-order valence-corrected chi connectivity index (χ1v) is 13.1. The first-order valence-electron chi connectivity index (χ1n) is 13.1. The Morgan fingerprint density at radius 3 is 2.23 bits per heavy atom. The molecule has 2 aromatic carbocycles. The van der Waals surface area contributed by atoms with E-state index in [0.29, 0.717) is 40.8 Å². The summed E-state index contributed by atoms with van der Waals surface area (Å²) in [5.74, 6) is 0. The number of aliphatic hydroxyl groups is 1. The van der Waals surface area contributed by atoms with Gasteiger partial charge in [0.2, 0.25) is 0 Å². The van der Waals surface area contributed by atoms with E-state index in [4.69, 9.17) is 0 Å². The Morgan fingerprint density at radius 2 is 1.50 bits per heavy atom. The molecule has 40 heavy (non-hydrogen) atoms. The highest BCUT2D eigenvalue weighted by molar-refractivity contribution is 5.75. The lowest BCUT2D eigenvalue weighted by Crippen LogP contribution is -2.25. The Hall–Kier alpha value is -4.95. The predicted octanol–water partition coefficient (Wildman–Crippen LogP) is 4.57. The van der Waals surface area contributed by atoms with E-state index in [1.807, 2.05) is 80.7 Å². The molecule has 4 aromatic heterocycles. The van der Waals surface area contributed by atoms with Gasteiger partial charge < -0.3 is 13.9 Å². The van der Waals surface area contributed by atoms with Gasteiger partial charge in [0.05, 0.1) is 17.5 Å². The van der Waals surface area contributed by atoms with Crippen LogP contribution in [0.25, 0.3) is 22.4 Å². The van der Waals surface area contributed by atoms with Crippen LogP contribution in [0, 0.1) is 13.8 Å². The van der Waals surface area contributed by atoms with E-state index in [9.17, 15) is 19.5 Å². The van der Waals surface area contributed by atoms with Crippen LogP contribution in [0.1, 0.15) is 51.5 Å². The molecule has 0 aliphatic rings. The third-order valence-electron chi connectivity index (χ3n) is 7.55. The quantitative estimate of drug-likeness (QED) is 0.318. The summed E-state index contributed by atoms with van der Waals surface area (Å²) in [7, 11) is 0. The number of rotatable bonds is 6. The molecule has 4 heterocycles. The van der Waals surface area contributed by atoms with Crippen molar-refractivity contribution in [1.29, 1.82) is 0 Å². The van der Waals surface area contributed by atoms with Gasteiger partial charge >= 0.3 is 0 Å². The third-order valence-corrected chi connectivity index (χ3v) is 7.55. The van der Waals surface area contributed by atoms with Gasteiger partial charge in [-0.2, -0.15) is 0 Å². The maximum absolute atomic E-state index is 13.8. The fourth-order valence-electron chi connectivity index (χ4n) is 5.56. The van der Waals surface area contributed by atoms with Crippen LogP contribution in [-0.4, -0.2) is 29.3 Å². The number of carbonyl (C=O) groups excluding carboxylic acids is 1. The van der Waals surface area contributed by atoms with Crippen molar-refractivity contribution in [3.63, 3.8) is 0 Å². The number of carbonyl (C=O) groups is 1. The summed E-state index contributed by atoms with van der Waals surface area (Å²) in [6.07, 6.45) is 7.36. The van der Waals surface area contributed by atoms with Crippen molar-refractivity contribution < 1.29 is 9.90 Å². The lowest BCUT2D eigenvalue weighted by molar-refractivity contribution is 0.111. The van der Waals surface area contributed by atoms with Gasteiger partial charge in [-0.1, -0.05) is 36.4 Å². The second-order valence-corrected chi connectivity index (χ2v) is 10.1. The lowest BCUT2D eigenvalue weighted by atomic mass is 10.0. The molecule has 1 unspecified atom stereocenters. The summed E-state index contributed by atoms with van der Waals surface area (Å²) < 4.78 is 6.47. The van der Waals surface area contributed by atoms with E-state index in [2.05, 4.69) is 0 Å². The fraction of sp³-hybridized carbons (Fsp3) is 0.156. The molecule has 8 heteroatoms. The number of benzene rings is 2. The SMILES string of the molecule is Cc1ccn2cc(C=O)n(-c3ccccc3Cc3cn4cc(C(C)O)n(-c5ccccc5)c(=O)c4c3C)c(=O)c12. The first-order chi connectivity index (χ1) is 19.3. The molecule has 0 aliphatic carbocycles. The summed E-state index contributed by atoms with van der Waals surface area (Å²) in [6, 6.07) is 18.6. The monoisotopic (exact) mass is 532 g/mol. The number of hydrogen-bond acceptors (Lipinski definition) is 4. The molecule has 6 aromatic rings. The molecule has 0 saturated heterocycles. The van der Waals surface area contributed by atoms with E-state index in [-0.39, 0.29) is 16.8 Å². The molecular formula is C32H28N4O4. The zero-order valence-corrected chi connectivity index (χ0v) is 22.4. The molecular weight excluding hydrogens is 504 g/mol. The van der Waals surface area contributed by atoms with Gasteiger partial charge in [0, 0.05) is 36.9 Å². The van der Waals surface area contributed by atoms with Gasteiger partial charge in [-0.3, -0.25) is 23.5 Å². The molecule has 0 spiro atoms. The smallest absolute Gasteiger partial charge is 0.280 e. The zero-order valence-electron chi connectivity index (χ0n) is 22.4. The highest BCUT2D eigenvalue weighted by Crippen LogP contribution is 2.25. The number of aryl methyl sites for hydroxylation is 2. The van der Waals surface area contributed by atoms with E-state index < -0.39 is 6.10 Å². The Balaban J connectivity index is 1.54. The van der Waals surface area contributed by atoms with Crippen molar-refractivity contribution in [2.45, 2.75) is 33.3 Å². The second kappa shape index (κ2) is 9.66. The fourth-order valence-corrected chi connectivity index (χ4v) is 5.56. The van der Waals surface area contributed by atoms with Gasteiger partial charge in [-0.05, 0) is 67.3 Å². The van der Waals surface area contributed by atoms with Gasteiger partial charge in [-0.15, -0.1) is 0 Å². The summed E-state index contributed by atoms with van der Waals surface area (Å²) in [4.78, 5) is 39.5. The molecule has 0 bridgehead atoms. The highest BCUT2D eigenvalue weighted by Gasteiger charge is 2.20. The zero-order chi connectivity index (χ0) is 28.1. The molecule has 0 amide bonds. The van der Waals surface area contributed by atoms with Crippen molar-refractivity contribution in [2.24, 2.45) is 0 Å². The number of nitrogens with zero attached hydrogens (tertiary/aromatic N) is 4. The lowest BCUT2D eigenvalue weighted by Gasteiger charge is -2.16. The predicted molar refractivity (Wildman–Crippen MR) is 154 cm³/mol. The maximum Gasteiger partial charge on any atom is 0.280 e. The Bertz CT molecular complexity index is 2040.